The van der Waals surface area contributed by atoms with Crippen molar-refractivity contribution in [1.29, 1.82) is 0 Å². The molecule has 0 spiro atoms. The van der Waals surface area contributed by atoms with E-state index in [2.05, 4.69) is 22.0 Å². The summed E-state index contributed by atoms with van der Waals surface area (Å²) in [6.45, 7) is 6.89. The minimum absolute atomic E-state index is 0.244. The van der Waals surface area contributed by atoms with E-state index in [0.717, 1.165) is 55.0 Å². The van der Waals surface area contributed by atoms with Crippen molar-refractivity contribution in [1.82, 2.24) is 24.6 Å². The molecule has 2 heterocycles. The molecule has 0 radical (unpaired) electrons. The molecule has 6 nitrogen and oxygen atoms in total. The first kappa shape index (κ1) is 17.9. The SMILES string of the molecule is CCN1CCN(C(=O)CCSc2nnc(-c3ccccc3)n2C)CC1. The highest BCUT2D eigenvalue weighted by Crippen LogP contribution is 2.23. The standard InChI is InChI=1S/C18H25N5OS/c1-3-22-10-12-23(13-11-22)16(24)9-14-25-18-20-19-17(21(18)2)15-7-5-4-6-8-15/h4-8H,3,9-14H2,1-2H3. The third-order valence-corrected chi connectivity index (χ3v) is 5.61. The Morgan fingerprint density at radius 1 is 1.12 bits per heavy atom. The minimum Gasteiger partial charge on any atom is -0.340 e. The molecule has 3 rings (SSSR count). The van der Waals surface area contributed by atoms with Crippen LogP contribution in [0.25, 0.3) is 11.4 Å². The molecule has 0 N–H and O–H groups in total. The monoisotopic (exact) mass is 359 g/mol. The normalized spacial score (nSPS) is 15.5. The van der Waals surface area contributed by atoms with Gasteiger partial charge in [-0.15, -0.1) is 10.2 Å². The minimum atomic E-state index is 0.244. The number of piperazine rings is 1. The first-order valence-electron chi connectivity index (χ1n) is 8.76. The lowest BCUT2D eigenvalue weighted by molar-refractivity contribution is -0.132. The van der Waals surface area contributed by atoms with Gasteiger partial charge in [0.05, 0.1) is 0 Å². The summed E-state index contributed by atoms with van der Waals surface area (Å²) in [4.78, 5) is 16.7. The van der Waals surface area contributed by atoms with Gasteiger partial charge in [-0.3, -0.25) is 4.79 Å². The fourth-order valence-electron chi connectivity index (χ4n) is 2.98. The fourth-order valence-corrected chi connectivity index (χ4v) is 3.82. The van der Waals surface area contributed by atoms with Gasteiger partial charge in [0.15, 0.2) is 11.0 Å². The Morgan fingerprint density at radius 3 is 2.52 bits per heavy atom. The molecule has 1 amide bonds. The number of nitrogens with zero attached hydrogens (tertiary/aromatic N) is 5. The number of hydrogen-bond acceptors (Lipinski definition) is 5. The van der Waals surface area contributed by atoms with Gasteiger partial charge >= 0.3 is 0 Å². The van der Waals surface area contributed by atoms with Crippen molar-refractivity contribution < 1.29 is 4.79 Å². The van der Waals surface area contributed by atoms with Crippen LogP contribution in [0.5, 0.6) is 0 Å². The van der Waals surface area contributed by atoms with Gasteiger partial charge in [0, 0.05) is 51.0 Å². The summed E-state index contributed by atoms with van der Waals surface area (Å²) in [5.41, 5.74) is 1.05. The van der Waals surface area contributed by atoms with Crippen molar-refractivity contribution >= 4 is 17.7 Å². The van der Waals surface area contributed by atoms with Crippen LogP contribution in [0.4, 0.5) is 0 Å². The van der Waals surface area contributed by atoms with E-state index < -0.39 is 0 Å². The van der Waals surface area contributed by atoms with Crippen molar-refractivity contribution in [3.63, 3.8) is 0 Å². The number of carbonyl (C=O) groups excluding carboxylic acids is 1. The summed E-state index contributed by atoms with van der Waals surface area (Å²) in [5.74, 6) is 1.83. The number of rotatable bonds is 6. The van der Waals surface area contributed by atoms with Gasteiger partial charge in [0.25, 0.3) is 0 Å². The molecule has 0 unspecified atom stereocenters. The molecule has 134 valence electrons. The number of benzene rings is 1. The number of aromatic nitrogens is 3. The van der Waals surface area contributed by atoms with E-state index in [-0.39, 0.29) is 5.91 Å². The van der Waals surface area contributed by atoms with Gasteiger partial charge in [0.2, 0.25) is 5.91 Å². The average Bonchev–Trinajstić information content (AvgIpc) is 3.03. The Balaban J connectivity index is 1.50. The predicted molar refractivity (Wildman–Crippen MR) is 100 cm³/mol. The second-order valence-corrected chi connectivity index (χ2v) is 7.21. The van der Waals surface area contributed by atoms with Crippen molar-refractivity contribution in [2.75, 3.05) is 38.5 Å². The predicted octanol–water partition coefficient (Wildman–Crippen LogP) is 2.13. The second-order valence-electron chi connectivity index (χ2n) is 6.14. The quantitative estimate of drug-likeness (QED) is 0.740. The molecular weight excluding hydrogens is 334 g/mol. The fraction of sp³-hybridized carbons (Fsp3) is 0.500. The molecule has 1 fully saturated rings. The van der Waals surface area contributed by atoms with Gasteiger partial charge < -0.3 is 14.4 Å². The number of thioether (sulfide) groups is 1. The molecular formula is C18H25N5OS. The smallest absolute Gasteiger partial charge is 0.223 e. The Morgan fingerprint density at radius 2 is 1.84 bits per heavy atom. The van der Waals surface area contributed by atoms with Crippen molar-refractivity contribution in [2.45, 2.75) is 18.5 Å². The zero-order valence-corrected chi connectivity index (χ0v) is 15.7. The molecule has 1 aliphatic rings. The molecule has 1 aliphatic heterocycles. The van der Waals surface area contributed by atoms with Crippen LogP contribution in [0, 0.1) is 0 Å². The largest absolute Gasteiger partial charge is 0.340 e. The Bertz CT molecular complexity index is 695. The maximum absolute atomic E-state index is 12.3. The van der Waals surface area contributed by atoms with Crippen molar-refractivity contribution in [3.05, 3.63) is 30.3 Å². The zero-order chi connectivity index (χ0) is 17.6. The average molecular weight is 359 g/mol. The number of carbonyl (C=O) groups is 1. The second kappa shape index (κ2) is 8.49. The zero-order valence-electron chi connectivity index (χ0n) is 14.9. The van der Waals surface area contributed by atoms with Gasteiger partial charge in [0.1, 0.15) is 0 Å². The van der Waals surface area contributed by atoms with Crippen LogP contribution in [0.2, 0.25) is 0 Å². The van der Waals surface area contributed by atoms with Gasteiger partial charge in [-0.2, -0.15) is 0 Å². The van der Waals surface area contributed by atoms with Crippen LogP contribution in [-0.4, -0.2) is 68.9 Å². The van der Waals surface area contributed by atoms with E-state index in [1.54, 1.807) is 11.8 Å². The van der Waals surface area contributed by atoms with Gasteiger partial charge in [-0.05, 0) is 6.54 Å². The Kier molecular flexibility index (Phi) is 6.09. The van der Waals surface area contributed by atoms with E-state index >= 15 is 0 Å². The summed E-state index contributed by atoms with van der Waals surface area (Å²) in [5, 5.41) is 9.40. The van der Waals surface area contributed by atoms with Crippen LogP contribution < -0.4 is 0 Å². The molecule has 0 saturated carbocycles. The topological polar surface area (TPSA) is 54.3 Å². The Hall–Kier alpha value is -1.86. The van der Waals surface area contributed by atoms with Crippen molar-refractivity contribution in [2.24, 2.45) is 7.05 Å². The van der Waals surface area contributed by atoms with E-state index in [4.69, 9.17) is 0 Å². The van der Waals surface area contributed by atoms with E-state index in [1.165, 1.54) is 0 Å². The van der Waals surface area contributed by atoms with Crippen molar-refractivity contribution in [3.8, 4) is 11.4 Å². The maximum Gasteiger partial charge on any atom is 0.223 e. The molecule has 1 aromatic carbocycles. The molecule has 25 heavy (non-hydrogen) atoms. The highest BCUT2D eigenvalue weighted by molar-refractivity contribution is 7.99. The Labute approximate surface area is 153 Å². The summed E-state index contributed by atoms with van der Waals surface area (Å²) >= 11 is 1.59. The first-order valence-corrected chi connectivity index (χ1v) is 9.75. The molecule has 1 aromatic heterocycles. The third kappa shape index (κ3) is 4.41. The lowest BCUT2D eigenvalue weighted by Crippen LogP contribution is -2.48. The summed E-state index contributed by atoms with van der Waals surface area (Å²) in [6, 6.07) is 10.0. The van der Waals surface area contributed by atoms with Gasteiger partial charge in [-0.1, -0.05) is 49.0 Å². The van der Waals surface area contributed by atoms with Crippen LogP contribution in [0.15, 0.2) is 35.5 Å². The van der Waals surface area contributed by atoms with Crippen LogP contribution in [0.3, 0.4) is 0 Å². The van der Waals surface area contributed by atoms with E-state index in [0.29, 0.717) is 6.42 Å². The lowest BCUT2D eigenvalue weighted by Gasteiger charge is -2.34. The lowest BCUT2D eigenvalue weighted by atomic mass is 10.2. The number of likely N-dealkylation sites (N-methyl/N-ethyl adjacent to an activating group) is 1. The first-order chi connectivity index (χ1) is 12.2. The molecule has 1 saturated heterocycles. The molecule has 2 aromatic rings. The summed E-state index contributed by atoms with van der Waals surface area (Å²) < 4.78 is 1.99. The highest BCUT2D eigenvalue weighted by Gasteiger charge is 2.20. The van der Waals surface area contributed by atoms with Crippen LogP contribution in [0.1, 0.15) is 13.3 Å². The number of hydrogen-bond donors (Lipinski definition) is 0. The van der Waals surface area contributed by atoms with E-state index in [9.17, 15) is 4.79 Å². The molecule has 7 heteroatoms. The summed E-state index contributed by atoms with van der Waals surface area (Å²) in [6.07, 6.45) is 0.546. The molecule has 0 atom stereocenters. The highest BCUT2D eigenvalue weighted by atomic mass is 32.2. The summed E-state index contributed by atoms with van der Waals surface area (Å²) in [7, 11) is 1.97. The third-order valence-electron chi connectivity index (χ3n) is 4.59. The molecule has 0 bridgehead atoms. The van der Waals surface area contributed by atoms with E-state index in [1.807, 2.05) is 46.8 Å². The van der Waals surface area contributed by atoms with Gasteiger partial charge in [-0.25, -0.2) is 0 Å². The van der Waals surface area contributed by atoms with Crippen LogP contribution in [-0.2, 0) is 11.8 Å². The molecule has 0 aliphatic carbocycles. The number of amides is 1. The van der Waals surface area contributed by atoms with Crippen LogP contribution >= 0.6 is 11.8 Å². The maximum atomic E-state index is 12.3.